The van der Waals surface area contributed by atoms with Crippen LogP contribution in [0.15, 0.2) is 42.7 Å². The Bertz CT molecular complexity index is 721. The van der Waals surface area contributed by atoms with Crippen molar-refractivity contribution in [3.63, 3.8) is 0 Å². The lowest BCUT2D eigenvalue weighted by Crippen LogP contribution is -2.40. The van der Waals surface area contributed by atoms with Crippen molar-refractivity contribution < 1.29 is 19.0 Å². The molecule has 0 saturated carbocycles. The van der Waals surface area contributed by atoms with Crippen molar-refractivity contribution in [2.24, 2.45) is 5.92 Å². The minimum absolute atomic E-state index is 0.0448. The Labute approximate surface area is 147 Å². The van der Waals surface area contributed by atoms with Gasteiger partial charge in [-0.25, -0.2) is 0 Å². The van der Waals surface area contributed by atoms with Crippen molar-refractivity contribution in [2.45, 2.75) is 12.5 Å². The second-order valence-electron chi connectivity index (χ2n) is 5.98. The summed E-state index contributed by atoms with van der Waals surface area (Å²) < 4.78 is 16.2. The number of methoxy groups -OCH3 is 2. The third-order valence-electron chi connectivity index (χ3n) is 4.41. The maximum Gasteiger partial charge on any atom is 0.255 e. The Morgan fingerprint density at radius 1 is 1.20 bits per heavy atom. The van der Waals surface area contributed by atoms with E-state index >= 15 is 0 Å². The first kappa shape index (κ1) is 17.2. The van der Waals surface area contributed by atoms with Crippen LogP contribution in [0.3, 0.4) is 0 Å². The largest absolute Gasteiger partial charge is 0.493 e. The minimum atomic E-state index is -0.189. The smallest absolute Gasteiger partial charge is 0.255 e. The number of nitrogens with one attached hydrogen (secondary N) is 1. The third-order valence-corrected chi connectivity index (χ3v) is 4.41. The van der Waals surface area contributed by atoms with Crippen molar-refractivity contribution >= 4 is 5.91 Å². The van der Waals surface area contributed by atoms with Crippen LogP contribution in [-0.4, -0.2) is 44.4 Å². The number of carbonyl (C=O) groups is 1. The number of hydrogen-bond donors (Lipinski definition) is 1. The number of pyridine rings is 1. The topological polar surface area (TPSA) is 69.7 Å². The average molecular weight is 342 g/mol. The van der Waals surface area contributed by atoms with Crippen LogP contribution in [0.2, 0.25) is 0 Å². The molecule has 3 rings (SSSR count). The summed E-state index contributed by atoms with van der Waals surface area (Å²) in [7, 11) is 3.08. The van der Waals surface area contributed by atoms with E-state index < -0.39 is 0 Å². The first-order valence-corrected chi connectivity index (χ1v) is 8.21. The number of ether oxygens (including phenoxy) is 3. The normalized spacial score (nSPS) is 19.4. The lowest BCUT2D eigenvalue weighted by molar-refractivity contribution is 0.0921. The van der Waals surface area contributed by atoms with E-state index in [1.54, 1.807) is 37.7 Å². The number of benzene rings is 1. The van der Waals surface area contributed by atoms with E-state index in [1.807, 2.05) is 12.1 Å². The van der Waals surface area contributed by atoms with Gasteiger partial charge in [-0.15, -0.1) is 0 Å². The Morgan fingerprint density at radius 2 is 2.00 bits per heavy atom. The van der Waals surface area contributed by atoms with Gasteiger partial charge in [-0.3, -0.25) is 9.78 Å². The first-order valence-electron chi connectivity index (χ1n) is 8.21. The van der Waals surface area contributed by atoms with Crippen molar-refractivity contribution in [2.75, 3.05) is 27.4 Å². The molecule has 6 nitrogen and oxygen atoms in total. The van der Waals surface area contributed by atoms with Gasteiger partial charge in [-0.05, 0) is 36.2 Å². The number of nitrogens with zero attached hydrogens (tertiary/aromatic N) is 1. The molecule has 0 unspecified atom stereocenters. The third kappa shape index (κ3) is 3.91. The quantitative estimate of drug-likeness (QED) is 0.870. The van der Waals surface area contributed by atoms with Gasteiger partial charge >= 0.3 is 0 Å². The average Bonchev–Trinajstić information content (AvgIpc) is 3.08. The monoisotopic (exact) mass is 342 g/mol. The molecule has 0 radical (unpaired) electrons. The number of aromatic nitrogens is 1. The molecule has 1 aromatic heterocycles. The van der Waals surface area contributed by atoms with Crippen LogP contribution in [0.25, 0.3) is 0 Å². The summed E-state index contributed by atoms with van der Waals surface area (Å²) in [4.78, 5) is 16.8. The SMILES string of the molecule is COc1cccc(C(=O)N[C@@H]2COC[C@H]2Cc2ccncc2)c1OC. The highest BCUT2D eigenvalue weighted by Crippen LogP contribution is 2.31. The number of para-hydroxylation sites is 1. The Hall–Kier alpha value is -2.60. The highest BCUT2D eigenvalue weighted by atomic mass is 16.5. The van der Waals surface area contributed by atoms with Gasteiger partial charge in [0.25, 0.3) is 5.91 Å². The lowest BCUT2D eigenvalue weighted by atomic mass is 9.95. The van der Waals surface area contributed by atoms with Crippen molar-refractivity contribution in [3.05, 3.63) is 53.9 Å². The van der Waals surface area contributed by atoms with Gasteiger partial charge in [0.2, 0.25) is 0 Å². The molecule has 25 heavy (non-hydrogen) atoms. The molecule has 1 aliphatic heterocycles. The Kier molecular flexibility index (Phi) is 5.50. The molecule has 2 aromatic rings. The molecular formula is C19H22N2O4. The lowest BCUT2D eigenvalue weighted by Gasteiger charge is -2.20. The molecular weight excluding hydrogens is 320 g/mol. The fourth-order valence-electron chi connectivity index (χ4n) is 3.09. The van der Waals surface area contributed by atoms with Gasteiger partial charge in [0.05, 0.1) is 39.0 Å². The highest BCUT2D eigenvalue weighted by molar-refractivity contribution is 5.98. The number of amides is 1. The molecule has 1 fully saturated rings. The van der Waals surface area contributed by atoms with E-state index in [0.29, 0.717) is 30.3 Å². The molecule has 0 bridgehead atoms. The molecule has 132 valence electrons. The molecule has 1 N–H and O–H groups in total. The first-order chi connectivity index (χ1) is 12.2. The van der Waals surface area contributed by atoms with Gasteiger partial charge in [-0.2, -0.15) is 0 Å². The second kappa shape index (κ2) is 7.98. The van der Waals surface area contributed by atoms with Crippen molar-refractivity contribution in [1.29, 1.82) is 0 Å². The van der Waals surface area contributed by atoms with Crippen molar-refractivity contribution in [1.82, 2.24) is 10.3 Å². The summed E-state index contributed by atoms with van der Waals surface area (Å²) in [6.45, 7) is 1.14. The van der Waals surface area contributed by atoms with Gasteiger partial charge < -0.3 is 19.5 Å². The predicted octanol–water partition coefficient (Wildman–Crippen LogP) is 2.09. The van der Waals surface area contributed by atoms with E-state index in [4.69, 9.17) is 14.2 Å². The summed E-state index contributed by atoms with van der Waals surface area (Å²) in [5, 5.41) is 3.08. The van der Waals surface area contributed by atoms with E-state index in [-0.39, 0.29) is 17.9 Å². The molecule has 0 spiro atoms. The van der Waals surface area contributed by atoms with E-state index in [0.717, 1.165) is 6.42 Å². The second-order valence-corrected chi connectivity index (χ2v) is 5.98. The molecule has 1 saturated heterocycles. The van der Waals surface area contributed by atoms with Crippen LogP contribution in [0.1, 0.15) is 15.9 Å². The minimum Gasteiger partial charge on any atom is -0.493 e. The summed E-state index contributed by atoms with van der Waals surface area (Å²) in [5.74, 6) is 1.01. The predicted molar refractivity (Wildman–Crippen MR) is 93.1 cm³/mol. The van der Waals surface area contributed by atoms with Gasteiger partial charge in [0, 0.05) is 18.3 Å². The molecule has 2 atom stereocenters. The zero-order valence-corrected chi connectivity index (χ0v) is 14.4. The number of hydrogen-bond acceptors (Lipinski definition) is 5. The molecule has 2 heterocycles. The van der Waals surface area contributed by atoms with Crippen LogP contribution in [0.5, 0.6) is 11.5 Å². The zero-order chi connectivity index (χ0) is 17.6. The van der Waals surface area contributed by atoms with Crippen LogP contribution in [0, 0.1) is 5.92 Å². The van der Waals surface area contributed by atoms with Gasteiger partial charge in [-0.1, -0.05) is 6.07 Å². The number of rotatable bonds is 6. The van der Waals surface area contributed by atoms with Crippen LogP contribution >= 0.6 is 0 Å². The standard InChI is InChI=1S/C19H22N2O4/c1-23-17-5-3-4-15(18(17)24-2)19(22)21-16-12-25-11-14(16)10-13-6-8-20-9-7-13/h3-9,14,16H,10-12H2,1-2H3,(H,21,22)/t14-,16-/m1/s1. The fourth-order valence-corrected chi connectivity index (χ4v) is 3.09. The molecule has 0 aliphatic carbocycles. The summed E-state index contributed by atoms with van der Waals surface area (Å²) in [6.07, 6.45) is 4.39. The van der Waals surface area contributed by atoms with Gasteiger partial charge in [0.15, 0.2) is 11.5 Å². The molecule has 6 heteroatoms. The Morgan fingerprint density at radius 3 is 2.72 bits per heavy atom. The van der Waals surface area contributed by atoms with Crippen molar-refractivity contribution in [3.8, 4) is 11.5 Å². The zero-order valence-electron chi connectivity index (χ0n) is 14.4. The summed E-state index contributed by atoms with van der Waals surface area (Å²) in [5.41, 5.74) is 1.64. The van der Waals surface area contributed by atoms with Crippen LogP contribution < -0.4 is 14.8 Å². The summed E-state index contributed by atoms with van der Waals surface area (Å²) in [6, 6.07) is 9.20. The van der Waals surface area contributed by atoms with E-state index in [9.17, 15) is 4.79 Å². The molecule has 1 amide bonds. The number of carbonyl (C=O) groups excluding carboxylic acids is 1. The maximum atomic E-state index is 12.7. The van der Waals surface area contributed by atoms with E-state index in [2.05, 4.69) is 10.3 Å². The fraction of sp³-hybridized carbons (Fsp3) is 0.368. The van der Waals surface area contributed by atoms with Crippen LogP contribution in [-0.2, 0) is 11.2 Å². The van der Waals surface area contributed by atoms with Crippen LogP contribution in [0.4, 0.5) is 0 Å². The van der Waals surface area contributed by atoms with Gasteiger partial charge in [0.1, 0.15) is 0 Å². The summed E-state index contributed by atoms with van der Waals surface area (Å²) >= 11 is 0. The molecule has 1 aliphatic rings. The maximum absolute atomic E-state index is 12.7. The molecule has 1 aromatic carbocycles. The highest BCUT2D eigenvalue weighted by Gasteiger charge is 2.30. The van der Waals surface area contributed by atoms with E-state index in [1.165, 1.54) is 12.7 Å². The Balaban J connectivity index is 1.72.